The lowest BCUT2D eigenvalue weighted by molar-refractivity contribution is -0.453. The first-order valence-corrected chi connectivity index (χ1v) is 14.4. The first-order valence-electron chi connectivity index (χ1n) is 14.4. The molecule has 0 aliphatic carbocycles. The second-order valence-corrected chi connectivity index (χ2v) is 9.93. The van der Waals surface area contributed by atoms with Crippen molar-refractivity contribution in [2.45, 2.75) is 79.1 Å². The Morgan fingerprint density at radius 1 is 0.558 bits per heavy atom. The maximum absolute atomic E-state index is 12.1. The predicted octanol–water partition coefficient (Wildman–Crippen LogP) is 7.19. The SMILES string of the molecule is CCCCc1ccc(C(=O)OOOC(=O)OCC(CC)(CC)COC(=O)OOOC(=O)c2ccc(CCCC)cc2)cc1. The fourth-order valence-electron chi connectivity index (χ4n) is 3.80. The number of unbranched alkanes of at least 4 members (excludes halogenated alkanes) is 2. The molecule has 0 fully saturated rings. The van der Waals surface area contributed by atoms with Gasteiger partial charge in [-0.3, -0.25) is 9.78 Å². The molecule has 0 bridgehead atoms. The molecule has 0 aliphatic heterocycles. The summed E-state index contributed by atoms with van der Waals surface area (Å²) >= 11 is 0. The monoisotopic (exact) mass is 604 g/mol. The summed E-state index contributed by atoms with van der Waals surface area (Å²) in [6.07, 6.45) is 4.31. The third-order valence-electron chi connectivity index (χ3n) is 6.93. The van der Waals surface area contributed by atoms with Crippen LogP contribution in [0.25, 0.3) is 0 Å². The van der Waals surface area contributed by atoms with Gasteiger partial charge in [-0.05, 0) is 73.9 Å². The molecular weight excluding hydrogens is 564 g/mol. The van der Waals surface area contributed by atoms with Crippen molar-refractivity contribution in [2.24, 2.45) is 5.41 Å². The Morgan fingerprint density at radius 2 is 0.930 bits per heavy atom. The predicted molar refractivity (Wildman–Crippen MR) is 151 cm³/mol. The minimum atomic E-state index is -1.27. The van der Waals surface area contributed by atoms with Crippen molar-refractivity contribution in [1.82, 2.24) is 0 Å². The number of carbonyl (C=O) groups is 4. The quantitative estimate of drug-likeness (QED) is 0.0965. The van der Waals surface area contributed by atoms with E-state index in [1.54, 1.807) is 62.4 Å². The molecule has 2 aromatic rings. The second-order valence-electron chi connectivity index (χ2n) is 9.93. The Hall–Kier alpha value is -4.16. The van der Waals surface area contributed by atoms with Crippen molar-refractivity contribution in [1.29, 1.82) is 0 Å². The van der Waals surface area contributed by atoms with Crippen LogP contribution < -0.4 is 0 Å². The minimum Gasteiger partial charge on any atom is -0.432 e. The summed E-state index contributed by atoms with van der Waals surface area (Å²) in [5.74, 6) is -1.71. The maximum Gasteiger partial charge on any atom is 0.543 e. The lowest BCUT2D eigenvalue weighted by Gasteiger charge is -2.29. The van der Waals surface area contributed by atoms with Crippen LogP contribution in [0.3, 0.4) is 0 Å². The lowest BCUT2D eigenvalue weighted by atomic mass is 9.84. The van der Waals surface area contributed by atoms with E-state index in [0.717, 1.165) is 49.7 Å². The van der Waals surface area contributed by atoms with E-state index in [4.69, 9.17) is 9.47 Å². The third kappa shape index (κ3) is 12.7. The van der Waals surface area contributed by atoms with Crippen molar-refractivity contribution < 1.29 is 58.3 Å². The van der Waals surface area contributed by atoms with E-state index < -0.39 is 29.7 Å². The van der Waals surface area contributed by atoms with Gasteiger partial charge >= 0.3 is 24.2 Å². The molecule has 0 amide bonds. The van der Waals surface area contributed by atoms with Gasteiger partial charge in [-0.25, -0.2) is 29.0 Å². The molecule has 0 spiro atoms. The molecule has 0 radical (unpaired) electrons. The Balaban J connectivity index is 1.69. The Labute approximate surface area is 251 Å². The van der Waals surface area contributed by atoms with Crippen LogP contribution in [-0.4, -0.2) is 37.5 Å². The Kier molecular flexibility index (Phi) is 15.6. The van der Waals surface area contributed by atoms with Crippen LogP contribution in [0.4, 0.5) is 9.59 Å². The zero-order valence-electron chi connectivity index (χ0n) is 25.1. The second kappa shape index (κ2) is 19.1. The normalized spacial score (nSPS) is 10.9. The standard InChI is InChI=1S/C31H40O12/c1-5-9-11-23-13-17-25(18-14-23)27(32)38-42-40-29(34)36-21-31(7-3,8-4)22-37-30(35)41-43-39-28(33)26-19-15-24(16-20-26)12-10-6-2/h13-20H,5-12,21-22H2,1-4H3. The molecule has 0 atom stereocenters. The fraction of sp³-hybridized carbons (Fsp3) is 0.484. The van der Waals surface area contributed by atoms with E-state index in [2.05, 4.69) is 43.5 Å². The number of aryl methyl sites for hydroxylation is 2. The molecule has 0 heterocycles. The molecular formula is C31H40O12. The first-order chi connectivity index (χ1) is 20.8. The highest BCUT2D eigenvalue weighted by molar-refractivity contribution is 5.89. The van der Waals surface area contributed by atoms with Gasteiger partial charge in [-0.15, -0.1) is 0 Å². The van der Waals surface area contributed by atoms with Gasteiger partial charge in [-0.2, -0.15) is 0 Å². The summed E-state index contributed by atoms with van der Waals surface area (Å²) in [6, 6.07) is 13.6. The van der Waals surface area contributed by atoms with Crippen molar-refractivity contribution in [3.8, 4) is 0 Å². The number of rotatable bonds is 18. The highest BCUT2D eigenvalue weighted by atomic mass is 17.5. The Bertz CT molecular complexity index is 1050. The summed E-state index contributed by atoms with van der Waals surface area (Å²) in [4.78, 5) is 65.7. The van der Waals surface area contributed by atoms with Gasteiger partial charge in [0, 0.05) is 5.41 Å². The molecule has 0 aliphatic rings. The molecule has 236 valence electrons. The van der Waals surface area contributed by atoms with Crippen molar-refractivity contribution in [3.63, 3.8) is 0 Å². The van der Waals surface area contributed by atoms with E-state index >= 15 is 0 Å². The van der Waals surface area contributed by atoms with Gasteiger partial charge in [0.1, 0.15) is 13.2 Å². The molecule has 0 aromatic heterocycles. The average Bonchev–Trinajstić information content (AvgIpc) is 3.03. The zero-order valence-corrected chi connectivity index (χ0v) is 25.1. The van der Waals surface area contributed by atoms with E-state index in [1.807, 2.05) is 0 Å². The van der Waals surface area contributed by atoms with E-state index in [0.29, 0.717) is 12.8 Å². The summed E-state index contributed by atoms with van der Waals surface area (Å²) < 4.78 is 10.1. The highest BCUT2D eigenvalue weighted by Gasteiger charge is 2.31. The van der Waals surface area contributed by atoms with Gasteiger partial charge in [0.25, 0.3) is 0 Å². The summed E-state index contributed by atoms with van der Waals surface area (Å²) in [5, 5.41) is 8.53. The summed E-state index contributed by atoms with van der Waals surface area (Å²) in [5.41, 5.74) is 1.79. The molecule has 2 aromatic carbocycles. The van der Waals surface area contributed by atoms with Gasteiger partial charge in [0.2, 0.25) is 0 Å². The maximum atomic E-state index is 12.1. The van der Waals surface area contributed by atoms with Crippen LogP contribution >= 0.6 is 0 Å². The minimum absolute atomic E-state index is 0.215. The Morgan fingerprint density at radius 3 is 1.26 bits per heavy atom. The van der Waals surface area contributed by atoms with Crippen molar-refractivity contribution >= 4 is 24.2 Å². The largest absolute Gasteiger partial charge is 0.543 e. The van der Waals surface area contributed by atoms with Crippen LogP contribution in [0.2, 0.25) is 0 Å². The number of hydrogen-bond donors (Lipinski definition) is 0. The van der Waals surface area contributed by atoms with Gasteiger partial charge < -0.3 is 9.47 Å². The smallest absolute Gasteiger partial charge is 0.432 e. The molecule has 0 N–H and O–H groups in total. The first kappa shape index (κ1) is 35.0. The summed E-state index contributed by atoms with van der Waals surface area (Å²) in [6.45, 7) is 7.32. The van der Waals surface area contributed by atoms with E-state index in [-0.39, 0.29) is 24.3 Å². The number of ether oxygens (including phenoxy) is 2. The van der Waals surface area contributed by atoms with Crippen LogP contribution in [0, 0.1) is 5.41 Å². The van der Waals surface area contributed by atoms with Crippen molar-refractivity contribution in [2.75, 3.05) is 13.2 Å². The third-order valence-corrected chi connectivity index (χ3v) is 6.93. The van der Waals surface area contributed by atoms with Gasteiger partial charge in [0.15, 0.2) is 0 Å². The van der Waals surface area contributed by atoms with Crippen LogP contribution in [-0.2, 0) is 51.9 Å². The van der Waals surface area contributed by atoms with Gasteiger partial charge in [-0.1, -0.05) is 64.8 Å². The van der Waals surface area contributed by atoms with E-state index in [1.165, 1.54) is 0 Å². The van der Waals surface area contributed by atoms with Crippen LogP contribution in [0.1, 0.15) is 98.1 Å². The number of benzene rings is 2. The summed E-state index contributed by atoms with van der Waals surface area (Å²) in [7, 11) is 0. The van der Waals surface area contributed by atoms with Crippen LogP contribution in [0.5, 0.6) is 0 Å². The average molecular weight is 605 g/mol. The van der Waals surface area contributed by atoms with E-state index in [9.17, 15) is 19.2 Å². The number of hydrogen-bond acceptors (Lipinski definition) is 12. The molecule has 12 heteroatoms. The fourth-order valence-corrected chi connectivity index (χ4v) is 3.80. The molecule has 43 heavy (non-hydrogen) atoms. The highest BCUT2D eigenvalue weighted by Crippen LogP contribution is 2.28. The molecule has 0 saturated heterocycles. The lowest BCUT2D eigenvalue weighted by Crippen LogP contribution is -2.33. The van der Waals surface area contributed by atoms with Gasteiger partial charge in [0.05, 0.1) is 21.2 Å². The molecule has 2 rings (SSSR count). The topological polar surface area (TPSA) is 142 Å². The molecule has 0 unspecified atom stereocenters. The molecule has 12 nitrogen and oxygen atoms in total. The number of carbonyl (C=O) groups excluding carboxylic acids is 4. The molecule has 0 saturated carbocycles. The van der Waals surface area contributed by atoms with Crippen molar-refractivity contribution in [3.05, 3.63) is 70.8 Å². The zero-order chi connectivity index (χ0) is 31.5. The van der Waals surface area contributed by atoms with Crippen LogP contribution in [0.15, 0.2) is 48.5 Å².